The van der Waals surface area contributed by atoms with Gasteiger partial charge in [0.2, 0.25) is 0 Å². The van der Waals surface area contributed by atoms with Crippen LogP contribution >= 0.6 is 34.0 Å². The molecule has 0 atom stereocenters. The number of fused-ring (bicyclic) bond motifs is 6. The van der Waals surface area contributed by atoms with Crippen molar-refractivity contribution in [3.63, 3.8) is 0 Å². The second-order valence-electron chi connectivity index (χ2n) is 20.6. The van der Waals surface area contributed by atoms with Crippen LogP contribution < -0.4 is 0 Å². The molecule has 0 unspecified atom stereocenters. The number of aliphatic carboxylic acids is 1. The van der Waals surface area contributed by atoms with E-state index in [0.717, 1.165) is 21.2 Å². The molecule has 1 N–H and O–H groups in total. The van der Waals surface area contributed by atoms with Crippen LogP contribution in [0.2, 0.25) is 0 Å². The Kier molecular flexibility index (Phi) is 13.7. The van der Waals surface area contributed by atoms with Gasteiger partial charge in [-0.2, -0.15) is 5.26 Å². The number of carboxylic acid groups (broad SMARTS) is 1. The van der Waals surface area contributed by atoms with Crippen LogP contribution in [0, 0.1) is 11.3 Å². The SMILES string of the molecule is CCCCCCCCCCCCn1c2ccc(-c3ccc(-c4ccc(-c5ccc(/C=C(\C#N)C(=O)O)s5)s4)s3)cc2c2cc(-n3c4ccc(C(C)(C)C)cc4c4cc(C(C)(C)C)ccc43)ccc21. The van der Waals surface area contributed by atoms with Gasteiger partial charge in [-0.1, -0.05) is 124 Å². The standard InChI is InChI=1S/C60H63N3O2S3/c1-8-9-10-11-12-13-14-15-16-17-32-62-49-23-18-39(53-28-29-56(67-53)57-31-30-55(68-57)54-27-22-44(66-54)33-40(38-61)58(64)65)34-45(49)48-37-43(21-26-50(48)62)63-51-24-19-41(59(2,3)4)35-46(51)47-36-42(60(5,6)7)20-25-52(47)63/h18-31,33-37H,8-17,32H2,1-7H3,(H,64,65)/b40-33+. The fraction of sp³-hybridized carbons (Fsp3) is 0.333. The smallest absolute Gasteiger partial charge is 0.346 e. The van der Waals surface area contributed by atoms with Gasteiger partial charge in [0, 0.05) is 74.1 Å². The molecule has 0 spiro atoms. The number of carbonyl (C=O) groups is 1. The van der Waals surface area contributed by atoms with Crippen molar-refractivity contribution in [1.29, 1.82) is 5.26 Å². The lowest BCUT2D eigenvalue weighted by molar-refractivity contribution is -0.132. The lowest BCUT2D eigenvalue weighted by atomic mass is 9.85. The first-order valence-electron chi connectivity index (χ1n) is 24.5. The molecule has 4 aromatic carbocycles. The summed E-state index contributed by atoms with van der Waals surface area (Å²) in [5, 5.41) is 23.8. The summed E-state index contributed by atoms with van der Waals surface area (Å²) in [7, 11) is 0. The monoisotopic (exact) mass is 953 g/mol. The van der Waals surface area contributed by atoms with Crippen molar-refractivity contribution in [2.45, 2.75) is 130 Å². The van der Waals surface area contributed by atoms with Crippen molar-refractivity contribution in [1.82, 2.24) is 9.13 Å². The number of nitrogens with zero attached hydrogens (tertiary/aromatic N) is 3. The number of rotatable bonds is 17. The Bertz CT molecular complexity index is 3290. The van der Waals surface area contributed by atoms with E-state index in [0.29, 0.717) is 0 Å². The number of aryl methyl sites for hydroxylation is 1. The summed E-state index contributed by atoms with van der Waals surface area (Å²) in [4.78, 5) is 18.0. The van der Waals surface area contributed by atoms with Crippen LogP contribution in [0.4, 0.5) is 0 Å². The van der Waals surface area contributed by atoms with Crippen molar-refractivity contribution < 1.29 is 9.90 Å². The lowest BCUT2D eigenvalue weighted by Gasteiger charge is -2.19. The van der Waals surface area contributed by atoms with E-state index in [1.807, 2.05) is 23.5 Å². The molecular weight excluding hydrogens is 891 g/mol. The molecule has 0 saturated heterocycles. The van der Waals surface area contributed by atoms with Crippen LogP contribution in [0.15, 0.2) is 115 Å². The van der Waals surface area contributed by atoms with Crippen LogP contribution in [-0.2, 0) is 22.2 Å². The largest absolute Gasteiger partial charge is 0.477 e. The van der Waals surface area contributed by atoms with Crippen LogP contribution in [0.3, 0.4) is 0 Å². The summed E-state index contributed by atoms with van der Waals surface area (Å²) >= 11 is 5.05. The summed E-state index contributed by atoms with van der Waals surface area (Å²) in [6.07, 6.45) is 14.7. The average Bonchev–Trinajstić information content (AvgIpc) is 4.17. The van der Waals surface area contributed by atoms with E-state index in [1.165, 1.54) is 162 Å². The number of unbranched alkanes of at least 4 members (excludes halogenated alkanes) is 9. The van der Waals surface area contributed by atoms with Crippen molar-refractivity contribution in [2.24, 2.45) is 0 Å². The molecule has 5 aromatic heterocycles. The molecular formula is C60H63N3O2S3. The molecule has 0 aliphatic rings. The zero-order chi connectivity index (χ0) is 47.7. The molecule has 8 heteroatoms. The summed E-state index contributed by atoms with van der Waals surface area (Å²) in [6.45, 7) is 17.1. The van der Waals surface area contributed by atoms with Crippen LogP contribution in [0.25, 0.3) is 85.3 Å². The van der Waals surface area contributed by atoms with Crippen LogP contribution in [0.5, 0.6) is 0 Å². The maximum Gasteiger partial charge on any atom is 0.346 e. The van der Waals surface area contributed by atoms with Gasteiger partial charge in [-0.25, -0.2) is 4.79 Å². The zero-order valence-electron chi connectivity index (χ0n) is 40.7. The van der Waals surface area contributed by atoms with Crippen molar-refractivity contribution in [3.8, 4) is 41.7 Å². The summed E-state index contributed by atoms with van der Waals surface area (Å²) in [6, 6.07) is 42.9. The van der Waals surface area contributed by atoms with Gasteiger partial charge < -0.3 is 14.2 Å². The third-order valence-electron chi connectivity index (χ3n) is 13.6. The van der Waals surface area contributed by atoms with Crippen LogP contribution in [0.1, 0.15) is 129 Å². The Morgan fingerprint density at radius 3 is 1.59 bits per heavy atom. The number of thiophene rings is 3. The van der Waals surface area contributed by atoms with Gasteiger partial charge in [0.05, 0.1) is 11.0 Å². The molecule has 0 fully saturated rings. The van der Waals surface area contributed by atoms with E-state index in [1.54, 1.807) is 17.4 Å². The summed E-state index contributed by atoms with van der Waals surface area (Å²) in [5.41, 5.74) is 9.96. The van der Waals surface area contributed by atoms with Gasteiger partial charge in [0.1, 0.15) is 11.6 Å². The minimum Gasteiger partial charge on any atom is -0.477 e. The highest BCUT2D eigenvalue weighted by molar-refractivity contribution is 7.27. The normalized spacial score (nSPS) is 12.6. The topological polar surface area (TPSA) is 70.9 Å². The minimum absolute atomic E-state index is 0.0377. The third kappa shape index (κ3) is 9.77. The van der Waals surface area contributed by atoms with E-state index in [9.17, 15) is 15.2 Å². The molecule has 0 aliphatic carbocycles. The Hall–Kier alpha value is -5.72. The van der Waals surface area contributed by atoms with Crippen LogP contribution in [-0.4, -0.2) is 20.2 Å². The van der Waals surface area contributed by atoms with E-state index in [-0.39, 0.29) is 16.4 Å². The van der Waals surface area contributed by atoms with Crippen molar-refractivity contribution in [3.05, 3.63) is 131 Å². The Morgan fingerprint density at radius 2 is 1.03 bits per heavy atom. The predicted octanol–water partition coefficient (Wildman–Crippen LogP) is 18.6. The second kappa shape index (κ2) is 19.7. The summed E-state index contributed by atoms with van der Waals surface area (Å²) in [5.74, 6) is -1.21. The Labute approximate surface area is 414 Å². The maximum absolute atomic E-state index is 11.4. The van der Waals surface area contributed by atoms with Gasteiger partial charge in [-0.05, 0) is 131 Å². The molecule has 5 nitrogen and oxygen atoms in total. The quantitative estimate of drug-likeness (QED) is 0.0561. The molecule has 5 heterocycles. The van der Waals surface area contributed by atoms with E-state index >= 15 is 0 Å². The number of benzene rings is 4. The Balaban J connectivity index is 1.08. The average molecular weight is 954 g/mol. The fourth-order valence-corrected chi connectivity index (χ4v) is 12.8. The molecule has 0 radical (unpaired) electrons. The number of carboxylic acids is 1. The molecule has 0 saturated carbocycles. The highest BCUT2D eigenvalue weighted by Crippen LogP contribution is 2.44. The first kappa shape index (κ1) is 47.4. The highest BCUT2D eigenvalue weighted by Gasteiger charge is 2.22. The van der Waals surface area contributed by atoms with Gasteiger partial charge in [0.15, 0.2) is 0 Å². The summed E-state index contributed by atoms with van der Waals surface area (Å²) < 4.78 is 5.08. The minimum atomic E-state index is -1.21. The predicted molar refractivity (Wildman–Crippen MR) is 294 cm³/mol. The molecule has 348 valence electrons. The number of hydrogen-bond acceptors (Lipinski definition) is 5. The second-order valence-corrected chi connectivity index (χ2v) is 23.9. The van der Waals surface area contributed by atoms with Gasteiger partial charge in [-0.15, -0.1) is 34.0 Å². The Morgan fingerprint density at radius 1 is 0.559 bits per heavy atom. The van der Waals surface area contributed by atoms with E-state index in [4.69, 9.17) is 0 Å². The molecule has 68 heavy (non-hydrogen) atoms. The molecule has 0 aliphatic heterocycles. The number of aromatic nitrogens is 2. The maximum atomic E-state index is 11.4. The lowest BCUT2D eigenvalue weighted by Crippen LogP contribution is -2.10. The molecule has 0 bridgehead atoms. The first-order valence-corrected chi connectivity index (χ1v) is 27.0. The van der Waals surface area contributed by atoms with Gasteiger partial charge >= 0.3 is 5.97 Å². The molecule has 0 amide bonds. The fourth-order valence-electron chi connectivity index (χ4n) is 9.69. The highest BCUT2D eigenvalue weighted by atomic mass is 32.1. The van der Waals surface area contributed by atoms with Crippen molar-refractivity contribution >= 4 is 89.7 Å². The van der Waals surface area contributed by atoms with Gasteiger partial charge in [-0.3, -0.25) is 0 Å². The third-order valence-corrected chi connectivity index (χ3v) is 17.2. The van der Waals surface area contributed by atoms with E-state index < -0.39 is 5.97 Å². The molecule has 9 rings (SSSR count). The van der Waals surface area contributed by atoms with Gasteiger partial charge in [0.25, 0.3) is 0 Å². The zero-order valence-corrected chi connectivity index (χ0v) is 43.1. The number of nitriles is 1. The first-order chi connectivity index (χ1) is 32.7. The molecule has 9 aromatic rings. The number of hydrogen-bond donors (Lipinski definition) is 1. The van der Waals surface area contributed by atoms with Crippen molar-refractivity contribution in [2.75, 3.05) is 0 Å². The van der Waals surface area contributed by atoms with E-state index in [2.05, 4.69) is 155 Å².